The number of fused-ring (bicyclic) bond motifs is 1. The highest BCUT2D eigenvalue weighted by atomic mass is 15.2. The predicted molar refractivity (Wildman–Crippen MR) is 81.0 cm³/mol. The number of benzene rings is 2. The van der Waals surface area contributed by atoms with E-state index in [0.717, 1.165) is 25.9 Å². The van der Waals surface area contributed by atoms with E-state index in [2.05, 4.69) is 54.3 Å². The Hall–Kier alpha value is -1.38. The minimum Gasteiger partial charge on any atom is -0.328 e. The van der Waals surface area contributed by atoms with Gasteiger partial charge >= 0.3 is 0 Å². The first-order valence-electron chi connectivity index (χ1n) is 7.20. The molecule has 2 atom stereocenters. The summed E-state index contributed by atoms with van der Waals surface area (Å²) in [6.07, 6.45) is 2.24. The Morgan fingerprint density at radius 3 is 2.74 bits per heavy atom. The van der Waals surface area contributed by atoms with Crippen LogP contribution in [-0.2, 0) is 6.54 Å². The van der Waals surface area contributed by atoms with Crippen molar-refractivity contribution in [2.24, 2.45) is 5.73 Å². The van der Waals surface area contributed by atoms with Crippen LogP contribution in [-0.4, -0.2) is 23.5 Å². The van der Waals surface area contributed by atoms with Crippen LogP contribution in [0.25, 0.3) is 10.8 Å². The van der Waals surface area contributed by atoms with Crippen molar-refractivity contribution in [3.8, 4) is 0 Å². The minimum absolute atomic E-state index is 0.392. The van der Waals surface area contributed by atoms with Gasteiger partial charge < -0.3 is 5.73 Å². The molecule has 0 bridgehead atoms. The number of nitrogens with two attached hydrogens (primary N) is 1. The van der Waals surface area contributed by atoms with Crippen molar-refractivity contribution in [2.75, 3.05) is 6.54 Å². The number of likely N-dealkylation sites (tertiary alicyclic amines) is 1. The lowest BCUT2D eigenvalue weighted by Crippen LogP contribution is -2.44. The van der Waals surface area contributed by atoms with Gasteiger partial charge in [-0.1, -0.05) is 36.4 Å². The quantitative estimate of drug-likeness (QED) is 0.892. The molecule has 100 valence electrons. The van der Waals surface area contributed by atoms with Crippen molar-refractivity contribution < 1.29 is 0 Å². The molecule has 1 heterocycles. The van der Waals surface area contributed by atoms with E-state index in [1.807, 2.05) is 0 Å². The molecule has 2 N–H and O–H groups in total. The molecule has 0 aromatic heterocycles. The molecule has 1 aliphatic rings. The molecule has 3 rings (SSSR count). The normalized spacial score (nSPS) is 24.7. The topological polar surface area (TPSA) is 29.3 Å². The van der Waals surface area contributed by atoms with Crippen LogP contribution in [0.1, 0.15) is 25.3 Å². The van der Waals surface area contributed by atoms with Gasteiger partial charge in [0, 0.05) is 25.2 Å². The zero-order valence-corrected chi connectivity index (χ0v) is 11.5. The predicted octanol–water partition coefficient (Wildman–Crippen LogP) is 3.15. The first-order chi connectivity index (χ1) is 9.22. The van der Waals surface area contributed by atoms with Crippen molar-refractivity contribution in [1.82, 2.24) is 4.90 Å². The standard InChI is InChI=1S/C17H22N2/c1-13-10-17(18)8-9-19(13)12-14-6-7-15-4-2-3-5-16(15)11-14/h2-7,11,13,17H,8-10,12,18H2,1H3. The number of rotatable bonds is 2. The van der Waals surface area contributed by atoms with Crippen molar-refractivity contribution in [3.05, 3.63) is 48.0 Å². The molecule has 19 heavy (non-hydrogen) atoms. The maximum absolute atomic E-state index is 6.03. The second-order valence-electron chi connectivity index (χ2n) is 5.79. The largest absolute Gasteiger partial charge is 0.328 e. The summed E-state index contributed by atoms with van der Waals surface area (Å²) >= 11 is 0. The summed E-state index contributed by atoms with van der Waals surface area (Å²) in [6, 6.07) is 16.3. The van der Waals surface area contributed by atoms with Crippen LogP contribution in [0.3, 0.4) is 0 Å². The summed E-state index contributed by atoms with van der Waals surface area (Å²) < 4.78 is 0. The summed E-state index contributed by atoms with van der Waals surface area (Å²) in [5, 5.41) is 2.65. The molecule has 0 aliphatic carbocycles. The molecule has 0 spiro atoms. The molecule has 1 saturated heterocycles. The van der Waals surface area contributed by atoms with E-state index in [0.29, 0.717) is 12.1 Å². The van der Waals surface area contributed by atoms with E-state index in [1.54, 1.807) is 0 Å². The Labute approximate surface area is 115 Å². The fraction of sp³-hybridized carbons (Fsp3) is 0.412. The van der Waals surface area contributed by atoms with Crippen LogP contribution in [0, 0.1) is 0 Å². The summed E-state index contributed by atoms with van der Waals surface area (Å²) in [6.45, 7) is 4.45. The summed E-state index contributed by atoms with van der Waals surface area (Å²) in [7, 11) is 0. The van der Waals surface area contributed by atoms with Gasteiger partial charge in [-0.3, -0.25) is 4.90 Å². The Morgan fingerprint density at radius 2 is 1.95 bits per heavy atom. The van der Waals surface area contributed by atoms with Gasteiger partial charge in [-0.25, -0.2) is 0 Å². The first kappa shape index (κ1) is 12.6. The third-order valence-corrected chi connectivity index (χ3v) is 4.25. The van der Waals surface area contributed by atoms with Crippen molar-refractivity contribution in [2.45, 2.75) is 38.4 Å². The molecule has 2 heteroatoms. The van der Waals surface area contributed by atoms with Crippen LogP contribution >= 0.6 is 0 Å². The summed E-state index contributed by atoms with van der Waals surface area (Å²) in [4.78, 5) is 2.55. The number of hydrogen-bond acceptors (Lipinski definition) is 2. The van der Waals surface area contributed by atoms with Gasteiger partial charge in [0.25, 0.3) is 0 Å². The van der Waals surface area contributed by atoms with E-state index in [-0.39, 0.29) is 0 Å². The fourth-order valence-electron chi connectivity index (χ4n) is 3.06. The Bertz CT molecular complexity index is 564. The molecule has 2 aromatic carbocycles. The molecular weight excluding hydrogens is 232 g/mol. The average Bonchev–Trinajstić information content (AvgIpc) is 2.42. The van der Waals surface area contributed by atoms with E-state index in [1.165, 1.54) is 16.3 Å². The van der Waals surface area contributed by atoms with E-state index in [9.17, 15) is 0 Å². The van der Waals surface area contributed by atoms with Gasteiger partial charge in [0.15, 0.2) is 0 Å². The van der Waals surface area contributed by atoms with Gasteiger partial charge in [-0.15, -0.1) is 0 Å². The Balaban J connectivity index is 1.77. The van der Waals surface area contributed by atoms with Crippen LogP contribution in [0.2, 0.25) is 0 Å². The molecule has 2 unspecified atom stereocenters. The molecule has 0 saturated carbocycles. The second kappa shape index (κ2) is 5.32. The zero-order valence-electron chi connectivity index (χ0n) is 11.5. The van der Waals surface area contributed by atoms with Crippen LogP contribution in [0.4, 0.5) is 0 Å². The van der Waals surface area contributed by atoms with E-state index >= 15 is 0 Å². The maximum Gasteiger partial charge on any atom is 0.0236 e. The summed E-state index contributed by atoms with van der Waals surface area (Å²) in [5.74, 6) is 0. The van der Waals surface area contributed by atoms with Crippen molar-refractivity contribution in [1.29, 1.82) is 0 Å². The Morgan fingerprint density at radius 1 is 1.16 bits per heavy atom. The zero-order chi connectivity index (χ0) is 13.2. The molecule has 0 amide bonds. The molecule has 2 aromatic rings. The number of piperidine rings is 1. The monoisotopic (exact) mass is 254 g/mol. The number of hydrogen-bond donors (Lipinski definition) is 1. The van der Waals surface area contributed by atoms with E-state index in [4.69, 9.17) is 5.73 Å². The molecule has 2 nitrogen and oxygen atoms in total. The lowest BCUT2D eigenvalue weighted by Gasteiger charge is -2.36. The van der Waals surface area contributed by atoms with Crippen molar-refractivity contribution >= 4 is 10.8 Å². The van der Waals surface area contributed by atoms with Gasteiger partial charge in [0.2, 0.25) is 0 Å². The SMILES string of the molecule is CC1CC(N)CCN1Cc1ccc2ccccc2c1. The average molecular weight is 254 g/mol. The molecule has 0 radical (unpaired) electrons. The van der Waals surface area contributed by atoms with Crippen LogP contribution < -0.4 is 5.73 Å². The number of nitrogens with zero attached hydrogens (tertiary/aromatic N) is 1. The lowest BCUT2D eigenvalue weighted by atomic mass is 9.98. The second-order valence-corrected chi connectivity index (χ2v) is 5.79. The highest BCUT2D eigenvalue weighted by molar-refractivity contribution is 5.82. The third-order valence-electron chi connectivity index (χ3n) is 4.25. The van der Waals surface area contributed by atoms with Gasteiger partial charge in [0.1, 0.15) is 0 Å². The van der Waals surface area contributed by atoms with Crippen molar-refractivity contribution in [3.63, 3.8) is 0 Å². The van der Waals surface area contributed by atoms with Gasteiger partial charge in [0.05, 0.1) is 0 Å². The molecular formula is C17H22N2. The maximum atomic E-state index is 6.03. The van der Waals surface area contributed by atoms with Gasteiger partial charge in [-0.2, -0.15) is 0 Å². The minimum atomic E-state index is 0.392. The molecule has 1 fully saturated rings. The highest BCUT2D eigenvalue weighted by Crippen LogP contribution is 2.21. The van der Waals surface area contributed by atoms with Crippen LogP contribution in [0.15, 0.2) is 42.5 Å². The highest BCUT2D eigenvalue weighted by Gasteiger charge is 2.22. The third kappa shape index (κ3) is 2.80. The van der Waals surface area contributed by atoms with Crippen LogP contribution in [0.5, 0.6) is 0 Å². The first-order valence-corrected chi connectivity index (χ1v) is 7.20. The lowest BCUT2D eigenvalue weighted by molar-refractivity contribution is 0.140. The van der Waals surface area contributed by atoms with E-state index < -0.39 is 0 Å². The molecule has 1 aliphatic heterocycles. The fourth-order valence-corrected chi connectivity index (χ4v) is 3.06. The summed E-state index contributed by atoms with van der Waals surface area (Å²) in [5.41, 5.74) is 7.43. The smallest absolute Gasteiger partial charge is 0.0236 e. The van der Waals surface area contributed by atoms with Gasteiger partial charge in [-0.05, 0) is 42.2 Å². The Kier molecular flexibility index (Phi) is 3.54.